The lowest BCUT2D eigenvalue weighted by Gasteiger charge is -2.13. The van der Waals surface area contributed by atoms with Crippen molar-refractivity contribution in [3.63, 3.8) is 0 Å². The summed E-state index contributed by atoms with van der Waals surface area (Å²) in [6, 6.07) is 15.5. The molecule has 27 heavy (non-hydrogen) atoms. The number of hydrogen-bond acceptors (Lipinski definition) is 4. The van der Waals surface area contributed by atoms with Gasteiger partial charge in [-0.05, 0) is 52.7 Å². The van der Waals surface area contributed by atoms with Gasteiger partial charge in [0.2, 0.25) is 0 Å². The summed E-state index contributed by atoms with van der Waals surface area (Å²) in [5.41, 5.74) is 1.04. The number of benzene rings is 3. The minimum Gasteiger partial charge on any atom is -0.460 e. The number of imide groups is 1. The maximum atomic E-state index is 12.7. The molecule has 0 aliphatic carbocycles. The second-order valence-corrected chi connectivity index (χ2v) is 6.62. The third-order valence-corrected chi connectivity index (χ3v) is 4.69. The number of fused-ring (bicyclic) bond motifs is 3. The summed E-state index contributed by atoms with van der Waals surface area (Å²) in [6.07, 6.45) is 0. The monoisotopic (exact) mass is 359 g/mol. The molecule has 5 heteroatoms. The van der Waals surface area contributed by atoms with Gasteiger partial charge in [-0.3, -0.25) is 14.5 Å². The van der Waals surface area contributed by atoms with E-state index in [4.69, 9.17) is 4.74 Å². The Morgan fingerprint density at radius 2 is 1.44 bits per heavy atom. The van der Waals surface area contributed by atoms with Crippen LogP contribution in [0.4, 0.5) is 0 Å². The smallest absolute Gasteiger partial charge is 0.333 e. The molecular weight excluding hydrogens is 342 g/mol. The molecule has 0 atom stereocenters. The van der Waals surface area contributed by atoms with Gasteiger partial charge in [0, 0.05) is 5.57 Å². The van der Waals surface area contributed by atoms with Gasteiger partial charge in [0.05, 0.1) is 17.7 Å². The number of amides is 2. The first-order chi connectivity index (χ1) is 13.0. The molecule has 1 heterocycles. The Labute approximate surface area is 155 Å². The van der Waals surface area contributed by atoms with Crippen molar-refractivity contribution in [1.29, 1.82) is 0 Å². The van der Waals surface area contributed by atoms with Gasteiger partial charge in [-0.25, -0.2) is 4.79 Å². The highest BCUT2D eigenvalue weighted by Gasteiger charge is 2.35. The third-order valence-electron chi connectivity index (χ3n) is 4.69. The summed E-state index contributed by atoms with van der Waals surface area (Å²) < 4.78 is 5.01. The van der Waals surface area contributed by atoms with Gasteiger partial charge in [0.25, 0.3) is 11.8 Å². The summed E-state index contributed by atoms with van der Waals surface area (Å²) in [4.78, 5) is 37.9. The first kappa shape index (κ1) is 17.0. The first-order valence-corrected chi connectivity index (χ1v) is 8.61. The van der Waals surface area contributed by atoms with Crippen molar-refractivity contribution in [2.75, 3.05) is 13.2 Å². The average Bonchev–Trinajstić information content (AvgIpc) is 2.88. The van der Waals surface area contributed by atoms with E-state index >= 15 is 0 Å². The van der Waals surface area contributed by atoms with Gasteiger partial charge in [0.1, 0.15) is 6.61 Å². The molecule has 0 fully saturated rings. The molecule has 0 radical (unpaired) electrons. The first-order valence-electron chi connectivity index (χ1n) is 8.61. The van der Waals surface area contributed by atoms with E-state index in [9.17, 15) is 14.4 Å². The maximum absolute atomic E-state index is 12.7. The second-order valence-electron chi connectivity index (χ2n) is 6.62. The summed E-state index contributed by atoms with van der Waals surface area (Å²) >= 11 is 0. The minimum atomic E-state index is -0.538. The van der Waals surface area contributed by atoms with E-state index in [2.05, 4.69) is 6.58 Å². The lowest BCUT2D eigenvalue weighted by atomic mass is 9.99. The van der Waals surface area contributed by atoms with Crippen LogP contribution in [-0.4, -0.2) is 35.8 Å². The van der Waals surface area contributed by atoms with E-state index in [0.29, 0.717) is 11.1 Å². The molecule has 0 aromatic heterocycles. The molecule has 1 aliphatic rings. The number of carbonyl (C=O) groups excluding carboxylic acids is 3. The summed E-state index contributed by atoms with van der Waals surface area (Å²) in [6.45, 7) is 5.00. The summed E-state index contributed by atoms with van der Waals surface area (Å²) in [7, 11) is 0. The number of esters is 1. The zero-order valence-electron chi connectivity index (χ0n) is 14.8. The Morgan fingerprint density at radius 3 is 1.93 bits per heavy atom. The molecule has 1 aliphatic heterocycles. The molecule has 0 spiro atoms. The van der Waals surface area contributed by atoms with E-state index in [-0.39, 0.29) is 30.5 Å². The zero-order valence-corrected chi connectivity index (χ0v) is 14.8. The molecule has 0 unspecified atom stereocenters. The quantitative estimate of drug-likeness (QED) is 0.308. The van der Waals surface area contributed by atoms with Crippen LogP contribution in [0.5, 0.6) is 0 Å². The van der Waals surface area contributed by atoms with Crippen LogP contribution in [0.3, 0.4) is 0 Å². The molecule has 0 bridgehead atoms. The van der Waals surface area contributed by atoms with Crippen LogP contribution in [0.1, 0.15) is 27.6 Å². The van der Waals surface area contributed by atoms with Gasteiger partial charge in [0.15, 0.2) is 0 Å². The molecule has 2 amide bonds. The van der Waals surface area contributed by atoms with Crippen molar-refractivity contribution in [1.82, 2.24) is 4.90 Å². The van der Waals surface area contributed by atoms with Crippen LogP contribution in [-0.2, 0) is 9.53 Å². The minimum absolute atomic E-state index is 0.0175. The van der Waals surface area contributed by atoms with Crippen LogP contribution in [0.15, 0.2) is 60.7 Å². The Kier molecular flexibility index (Phi) is 4.00. The molecule has 0 saturated heterocycles. The fourth-order valence-electron chi connectivity index (χ4n) is 3.28. The molecule has 4 rings (SSSR count). The van der Waals surface area contributed by atoms with Crippen LogP contribution in [0.2, 0.25) is 0 Å². The van der Waals surface area contributed by atoms with Crippen molar-refractivity contribution in [3.05, 3.63) is 71.8 Å². The average molecular weight is 359 g/mol. The summed E-state index contributed by atoms with van der Waals surface area (Å²) in [5, 5.41) is 3.96. The van der Waals surface area contributed by atoms with Crippen molar-refractivity contribution in [3.8, 4) is 0 Å². The largest absolute Gasteiger partial charge is 0.460 e. The van der Waals surface area contributed by atoms with E-state index in [1.807, 2.05) is 36.4 Å². The van der Waals surface area contributed by atoms with Crippen molar-refractivity contribution in [2.45, 2.75) is 6.92 Å². The zero-order chi connectivity index (χ0) is 19.1. The summed E-state index contributed by atoms with van der Waals surface area (Å²) in [5.74, 6) is -1.27. The normalized spacial score (nSPS) is 13.3. The van der Waals surface area contributed by atoms with Gasteiger partial charge in [-0.2, -0.15) is 0 Å². The van der Waals surface area contributed by atoms with Crippen molar-refractivity contribution in [2.24, 2.45) is 0 Å². The van der Waals surface area contributed by atoms with Gasteiger partial charge in [-0.15, -0.1) is 0 Å². The second kappa shape index (κ2) is 6.36. The fourth-order valence-corrected chi connectivity index (χ4v) is 3.28. The fraction of sp³-hybridized carbons (Fsp3) is 0.136. The van der Waals surface area contributed by atoms with E-state index in [0.717, 1.165) is 26.4 Å². The Morgan fingerprint density at radius 1 is 0.926 bits per heavy atom. The number of carbonyl (C=O) groups is 3. The molecule has 0 saturated carbocycles. The number of rotatable bonds is 4. The van der Waals surface area contributed by atoms with Gasteiger partial charge >= 0.3 is 5.97 Å². The Balaban J connectivity index is 1.65. The maximum Gasteiger partial charge on any atom is 0.333 e. The van der Waals surface area contributed by atoms with Gasteiger partial charge < -0.3 is 4.74 Å². The lowest BCUT2D eigenvalue weighted by Crippen LogP contribution is -2.33. The molecule has 5 nitrogen and oxygen atoms in total. The highest BCUT2D eigenvalue weighted by atomic mass is 16.5. The highest BCUT2D eigenvalue weighted by molar-refractivity contribution is 6.23. The van der Waals surface area contributed by atoms with Crippen molar-refractivity contribution < 1.29 is 19.1 Å². The van der Waals surface area contributed by atoms with Crippen LogP contribution in [0, 0.1) is 0 Å². The van der Waals surface area contributed by atoms with Crippen LogP contribution < -0.4 is 0 Å². The van der Waals surface area contributed by atoms with Crippen LogP contribution >= 0.6 is 0 Å². The number of nitrogens with zero attached hydrogens (tertiary/aromatic N) is 1. The van der Waals surface area contributed by atoms with E-state index < -0.39 is 5.97 Å². The lowest BCUT2D eigenvalue weighted by molar-refractivity contribution is -0.139. The van der Waals surface area contributed by atoms with Crippen molar-refractivity contribution >= 4 is 39.3 Å². The Hall–Kier alpha value is -3.47. The number of ether oxygens (including phenoxy) is 1. The SMILES string of the molecule is C=C(C)C(=O)OCCN1C(=O)c2cc3cc4ccccc4cc3cc2C1=O. The van der Waals surface area contributed by atoms with E-state index in [1.54, 1.807) is 19.1 Å². The predicted molar refractivity (Wildman–Crippen MR) is 103 cm³/mol. The molecule has 134 valence electrons. The van der Waals surface area contributed by atoms with E-state index in [1.165, 1.54) is 0 Å². The molecule has 3 aromatic rings. The highest BCUT2D eigenvalue weighted by Crippen LogP contribution is 2.30. The standard InChI is InChI=1S/C22H17NO4/c1-13(2)22(26)27-8-7-23-20(24)18-11-16-9-14-5-3-4-6-15(14)10-17(16)12-19(18)21(23)25/h3-6,9-12H,1,7-8H2,2H3. The van der Waals surface area contributed by atoms with Gasteiger partial charge in [-0.1, -0.05) is 30.8 Å². The molecule has 0 N–H and O–H groups in total. The third kappa shape index (κ3) is 2.87. The topological polar surface area (TPSA) is 63.7 Å². The molecule has 3 aromatic carbocycles. The molecular formula is C22H17NO4. The predicted octanol–water partition coefficient (Wildman–Crippen LogP) is 3.71. The van der Waals surface area contributed by atoms with Crippen LogP contribution in [0.25, 0.3) is 21.5 Å². The number of hydrogen-bond donors (Lipinski definition) is 0. The Bertz CT molecular complexity index is 1070.